The topological polar surface area (TPSA) is 0 Å². The van der Waals surface area contributed by atoms with Crippen LogP contribution in [-0.2, 0) is 0 Å². The number of hydrogen-bond donors (Lipinski definition) is 0. The van der Waals surface area contributed by atoms with Gasteiger partial charge >= 0.3 is 98.8 Å². The van der Waals surface area contributed by atoms with E-state index in [0.717, 1.165) is 0 Å². The second-order valence-corrected chi connectivity index (χ2v) is 7.48. The van der Waals surface area contributed by atoms with Crippen molar-refractivity contribution in [3.63, 3.8) is 0 Å². The van der Waals surface area contributed by atoms with Gasteiger partial charge in [0.2, 0.25) is 0 Å². The summed E-state index contributed by atoms with van der Waals surface area (Å²) in [7, 11) is 0. The molecule has 1 aliphatic heterocycles. The molecule has 0 N–H and O–H groups in total. The molecule has 1 aromatic rings. The minimum atomic E-state index is 0.335. The van der Waals surface area contributed by atoms with Crippen molar-refractivity contribution >= 4 is 19.4 Å². The van der Waals surface area contributed by atoms with Gasteiger partial charge in [0.15, 0.2) is 0 Å². The fourth-order valence-electron chi connectivity index (χ4n) is 1.82. The summed E-state index contributed by atoms with van der Waals surface area (Å²) >= 11 is 0.529. The molecule has 0 spiro atoms. The van der Waals surface area contributed by atoms with E-state index in [1.807, 2.05) is 0 Å². The van der Waals surface area contributed by atoms with Gasteiger partial charge in [0.05, 0.1) is 0 Å². The van der Waals surface area contributed by atoms with E-state index in [9.17, 15) is 0 Å². The third kappa shape index (κ3) is 2.19. The Labute approximate surface area is 98.9 Å². The van der Waals surface area contributed by atoms with E-state index in [0.29, 0.717) is 26.3 Å². The average molecular weight is 265 g/mol. The van der Waals surface area contributed by atoms with Gasteiger partial charge in [0.1, 0.15) is 0 Å². The summed E-state index contributed by atoms with van der Waals surface area (Å²) in [5.74, 6) is 0.589. The van der Waals surface area contributed by atoms with E-state index < -0.39 is 0 Å². The van der Waals surface area contributed by atoms with Crippen molar-refractivity contribution in [2.45, 2.75) is 33.6 Å². The van der Waals surface area contributed by atoms with Gasteiger partial charge < -0.3 is 0 Å². The Morgan fingerprint density at radius 1 is 1.13 bits per heavy atom. The van der Waals surface area contributed by atoms with E-state index in [1.54, 1.807) is 8.93 Å². The van der Waals surface area contributed by atoms with E-state index in [1.165, 1.54) is 5.56 Å². The maximum absolute atomic E-state index is 2.47. The Kier molecular flexibility index (Phi) is 2.79. The van der Waals surface area contributed by atoms with Gasteiger partial charge in [-0.15, -0.1) is 0 Å². The first-order valence-corrected chi connectivity index (χ1v) is 7.19. The first-order valence-electron chi connectivity index (χ1n) is 5.47. The molecule has 2 rings (SSSR count). The van der Waals surface area contributed by atoms with E-state index in [4.69, 9.17) is 0 Å². The predicted molar refractivity (Wildman–Crippen MR) is 67.8 cm³/mol. The number of fused-ring (bicyclic) bond motifs is 1. The molecule has 0 aromatic heterocycles. The fourth-order valence-corrected chi connectivity index (χ4v) is 4.62. The summed E-state index contributed by atoms with van der Waals surface area (Å²) in [6.45, 7) is 9.27. The molecule has 0 aliphatic carbocycles. The van der Waals surface area contributed by atoms with Crippen molar-refractivity contribution in [2.75, 3.05) is 0 Å². The molecular formula is C14H18Se. The summed E-state index contributed by atoms with van der Waals surface area (Å²) in [5, 5.41) is 0. The van der Waals surface area contributed by atoms with Crippen LogP contribution < -0.4 is 4.46 Å². The van der Waals surface area contributed by atoms with Crippen molar-refractivity contribution in [3.05, 3.63) is 40.4 Å². The van der Waals surface area contributed by atoms with Gasteiger partial charge in [0.25, 0.3) is 0 Å². The van der Waals surface area contributed by atoms with E-state index in [-0.39, 0.29) is 0 Å². The Balaban J connectivity index is 2.40. The summed E-state index contributed by atoms with van der Waals surface area (Å²) in [6, 6.07) is 8.89. The van der Waals surface area contributed by atoms with Crippen LogP contribution in [0.1, 0.15) is 39.2 Å². The summed E-state index contributed by atoms with van der Waals surface area (Å²) < 4.78 is 3.21. The summed E-state index contributed by atoms with van der Waals surface area (Å²) in [5.41, 5.74) is 1.87. The van der Waals surface area contributed by atoms with Gasteiger partial charge in [-0.05, 0) is 0 Å². The molecule has 0 saturated heterocycles. The molecule has 1 aromatic carbocycles. The Hall–Kier alpha value is -0.521. The van der Waals surface area contributed by atoms with Crippen molar-refractivity contribution < 1.29 is 0 Å². The average Bonchev–Trinajstić information content (AvgIpc) is 2.16. The van der Waals surface area contributed by atoms with Gasteiger partial charge in [0, 0.05) is 0 Å². The van der Waals surface area contributed by atoms with Crippen molar-refractivity contribution in [1.82, 2.24) is 0 Å². The zero-order chi connectivity index (χ0) is 11.1. The van der Waals surface area contributed by atoms with Crippen LogP contribution in [0, 0.1) is 5.41 Å². The zero-order valence-electron chi connectivity index (χ0n) is 9.87. The van der Waals surface area contributed by atoms with Crippen LogP contribution >= 0.6 is 0 Å². The van der Waals surface area contributed by atoms with Crippen LogP contribution in [0.15, 0.2) is 34.8 Å². The Morgan fingerprint density at radius 2 is 1.80 bits per heavy atom. The fraction of sp³-hybridized carbons (Fsp3) is 0.429. The summed E-state index contributed by atoms with van der Waals surface area (Å²) in [4.78, 5) is 0. The van der Waals surface area contributed by atoms with Crippen LogP contribution in [0.2, 0.25) is 0 Å². The molecular weight excluding hydrogens is 247 g/mol. The molecule has 1 heteroatoms. The molecule has 0 fully saturated rings. The van der Waals surface area contributed by atoms with Gasteiger partial charge in [-0.25, -0.2) is 0 Å². The molecule has 1 aliphatic rings. The predicted octanol–water partition coefficient (Wildman–Crippen LogP) is 3.06. The molecule has 80 valence electrons. The molecule has 15 heavy (non-hydrogen) atoms. The quantitative estimate of drug-likeness (QED) is 0.632. The Bertz CT molecular complexity index is 396. The van der Waals surface area contributed by atoms with Crippen LogP contribution in [0.25, 0.3) is 0 Å². The molecule has 1 atom stereocenters. The van der Waals surface area contributed by atoms with Gasteiger partial charge in [-0.1, -0.05) is 0 Å². The molecule has 0 amide bonds. The van der Waals surface area contributed by atoms with Crippen LogP contribution in [-0.4, -0.2) is 15.0 Å². The number of hydrogen-bond acceptors (Lipinski definition) is 0. The monoisotopic (exact) mass is 266 g/mol. The van der Waals surface area contributed by atoms with Crippen molar-refractivity contribution in [2.24, 2.45) is 5.41 Å². The first kappa shape index (κ1) is 11.0. The van der Waals surface area contributed by atoms with Crippen LogP contribution in [0.3, 0.4) is 0 Å². The van der Waals surface area contributed by atoms with Gasteiger partial charge in [-0.3, -0.25) is 0 Å². The molecule has 0 bridgehead atoms. The second kappa shape index (κ2) is 3.81. The maximum atomic E-state index is 2.47. The first-order chi connectivity index (χ1) is 6.98. The second-order valence-electron chi connectivity index (χ2n) is 5.21. The molecule has 0 saturated carbocycles. The molecule has 0 nitrogen and oxygen atoms in total. The molecule has 1 heterocycles. The van der Waals surface area contributed by atoms with E-state index >= 15 is 0 Å². The SMILES string of the molecule is CC1C=C(C(C)(C)C)[Se]c2ccccc21. The molecule has 1 unspecified atom stereocenters. The van der Waals surface area contributed by atoms with Crippen molar-refractivity contribution in [3.8, 4) is 0 Å². The van der Waals surface area contributed by atoms with Gasteiger partial charge in [-0.2, -0.15) is 0 Å². The third-order valence-electron chi connectivity index (χ3n) is 2.77. The Morgan fingerprint density at radius 3 is 2.47 bits per heavy atom. The number of benzene rings is 1. The summed E-state index contributed by atoms with van der Waals surface area (Å²) in [6.07, 6.45) is 2.47. The minimum absolute atomic E-state index is 0.335. The van der Waals surface area contributed by atoms with Crippen LogP contribution in [0.5, 0.6) is 0 Å². The number of allylic oxidation sites excluding steroid dienone is 2. The molecule has 0 radical (unpaired) electrons. The van der Waals surface area contributed by atoms with E-state index in [2.05, 4.69) is 58.0 Å². The standard InChI is InChI=1S/C14H18Se/c1-10-9-13(14(2,3)4)15-12-8-6-5-7-11(10)12/h5-10H,1-4H3. The van der Waals surface area contributed by atoms with Crippen molar-refractivity contribution in [1.29, 1.82) is 0 Å². The number of rotatable bonds is 0. The van der Waals surface area contributed by atoms with Crippen LogP contribution in [0.4, 0.5) is 0 Å². The third-order valence-corrected chi connectivity index (χ3v) is 6.04. The zero-order valence-corrected chi connectivity index (χ0v) is 11.6. The normalized spacial score (nSPS) is 20.8.